The van der Waals surface area contributed by atoms with Crippen LogP contribution in [0.25, 0.3) is 22.2 Å². The number of aromatic amines is 1. The molecule has 7 nitrogen and oxygen atoms in total. The summed E-state index contributed by atoms with van der Waals surface area (Å²) in [6.45, 7) is 0.205. The number of hydrogen-bond acceptors (Lipinski definition) is 5. The van der Waals surface area contributed by atoms with E-state index in [2.05, 4.69) is 20.1 Å². The summed E-state index contributed by atoms with van der Waals surface area (Å²) in [5.74, 6) is 0. The molecule has 0 atom stereocenters. The molecule has 0 saturated carbocycles. The minimum atomic E-state index is -0.446. The first-order valence-electron chi connectivity index (χ1n) is 7.77. The Balaban J connectivity index is 1.99. The molecule has 128 valence electrons. The summed E-state index contributed by atoms with van der Waals surface area (Å²) in [5.41, 5.74) is 0.977. The largest absolute Gasteiger partial charge is 0.313 e. The SMILES string of the molecule is O=c1[nH]cnc2c(=O)n(Cc3cccc(Cl)c3)nc(-c3cccnc3)c12. The summed E-state index contributed by atoms with van der Waals surface area (Å²) in [6, 6.07) is 10.7. The van der Waals surface area contributed by atoms with Gasteiger partial charge in [0.05, 0.1) is 18.3 Å². The van der Waals surface area contributed by atoms with Crippen LogP contribution in [0.3, 0.4) is 0 Å². The molecule has 0 saturated heterocycles. The Morgan fingerprint density at radius 3 is 2.81 bits per heavy atom. The molecule has 8 heteroatoms. The van der Waals surface area contributed by atoms with Gasteiger partial charge in [-0.1, -0.05) is 23.7 Å². The first-order chi connectivity index (χ1) is 12.6. The molecule has 1 aromatic carbocycles. The number of H-pyrrole nitrogens is 1. The molecule has 0 amide bonds. The van der Waals surface area contributed by atoms with Crippen molar-refractivity contribution in [2.45, 2.75) is 6.54 Å². The third kappa shape index (κ3) is 2.89. The number of hydrogen-bond donors (Lipinski definition) is 1. The van der Waals surface area contributed by atoms with Gasteiger partial charge < -0.3 is 4.98 Å². The van der Waals surface area contributed by atoms with E-state index in [1.165, 1.54) is 11.0 Å². The molecule has 4 aromatic rings. The summed E-state index contributed by atoms with van der Waals surface area (Å²) in [5, 5.41) is 5.13. The minimum absolute atomic E-state index is 0.0598. The van der Waals surface area contributed by atoms with Gasteiger partial charge in [-0.3, -0.25) is 14.6 Å². The van der Waals surface area contributed by atoms with E-state index in [4.69, 9.17) is 11.6 Å². The minimum Gasteiger partial charge on any atom is -0.313 e. The number of nitrogens with one attached hydrogen (secondary N) is 1. The van der Waals surface area contributed by atoms with Crippen LogP contribution in [0.4, 0.5) is 0 Å². The molecule has 0 radical (unpaired) electrons. The second-order valence-electron chi connectivity index (χ2n) is 5.64. The van der Waals surface area contributed by atoms with Crippen molar-refractivity contribution in [3.05, 3.63) is 86.4 Å². The number of nitrogens with zero attached hydrogens (tertiary/aromatic N) is 4. The van der Waals surface area contributed by atoms with Crippen LogP contribution in [0.5, 0.6) is 0 Å². The van der Waals surface area contributed by atoms with Gasteiger partial charge in [0.1, 0.15) is 11.2 Å². The Labute approximate surface area is 151 Å². The first kappa shape index (κ1) is 16.2. The van der Waals surface area contributed by atoms with Gasteiger partial charge in [-0.25, -0.2) is 9.67 Å². The van der Waals surface area contributed by atoms with Gasteiger partial charge in [0.25, 0.3) is 11.1 Å². The molecule has 3 heterocycles. The van der Waals surface area contributed by atoms with Crippen molar-refractivity contribution in [1.29, 1.82) is 0 Å². The van der Waals surface area contributed by atoms with Crippen LogP contribution in [0, 0.1) is 0 Å². The van der Waals surface area contributed by atoms with Gasteiger partial charge in [-0.15, -0.1) is 0 Å². The van der Waals surface area contributed by atoms with Crippen molar-refractivity contribution in [2.75, 3.05) is 0 Å². The van der Waals surface area contributed by atoms with Crippen LogP contribution < -0.4 is 11.1 Å². The molecule has 0 aliphatic heterocycles. The summed E-state index contributed by atoms with van der Waals surface area (Å²) < 4.78 is 1.28. The molecule has 0 aliphatic carbocycles. The van der Waals surface area contributed by atoms with Crippen molar-refractivity contribution < 1.29 is 0 Å². The highest BCUT2D eigenvalue weighted by Crippen LogP contribution is 2.20. The number of aromatic nitrogens is 5. The molecule has 26 heavy (non-hydrogen) atoms. The van der Waals surface area contributed by atoms with Crippen molar-refractivity contribution in [1.82, 2.24) is 24.7 Å². The van der Waals surface area contributed by atoms with E-state index in [0.717, 1.165) is 5.56 Å². The highest BCUT2D eigenvalue weighted by Gasteiger charge is 2.16. The van der Waals surface area contributed by atoms with Gasteiger partial charge >= 0.3 is 0 Å². The second kappa shape index (κ2) is 6.53. The van der Waals surface area contributed by atoms with Crippen LogP contribution >= 0.6 is 11.6 Å². The lowest BCUT2D eigenvalue weighted by Gasteiger charge is -2.10. The first-order valence-corrected chi connectivity index (χ1v) is 8.14. The van der Waals surface area contributed by atoms with Crippen molar-refractivity contribution in [2.24, 2.45) is 0 Å². The lowest BCUT2D eigenvalue weighted by atomic mass is 10.1. The smallest absolute Gasteiger partial charge is 0.293 e. The zero-order valence-electron chi connectivity index (χ0n) is 13.4. The highest BCUT2D eigenvalue weighted by molar-refractivity contribution is 6.30. The molecule has 0 spiro atoms. The van der Waals surface area contributed by atoms with Gasteiger partial charge in [-0.2, -0.15) is 5.10 Å². The summed E-state index contributed by atoms with van der Waals surface area (Å²) in [4.78, 5) is 35.7. The molecule has 0 aliphatic rings. The van der Waals surface area contributed by atoms with E-state index >= 15 is 0 Å². The number of fused-ring (bicyclic) bond motifs is 1. The maximum absolute atomic E-state index is 12.8. The fourth-order valence-electron chi connectivity index (χ4n) is 2.74. The summed E-state index contributed by atoms with van der Waals surface area (Å²) >= 11 is 6.02. The number of benzene rings is 1. The average Bonchev–Trinajstić information content (AvgIpc) is 2.65. The van der Waals surface area contributed by atoms with Crippen LogP contribution in [0.15, 0.2) is 64.7 Å². The van der Waals surface area contributed by atoms with E-state index in [1.807, 2.05) is 6.07 Å². The maximum Gasteiger partial charge on any atom is 0.293 e. The second-order valence-corrected chi connectivity index (χ2v) is 6.07. The van der Waals surface area contributed by atoms with Crippen LogP contribution in [-0.4, -0.2) is 24.7 Å². The van der Waals surface area contributed by atoms with Gasteiger partial charge in [0.2, 0.25) is 0 Å². The number of halogens is 1. The molecule has 4 rings (SSSR count). The molecular weight excluding hydrogens is 354 g/mol. The van der Waals surface area contributed by atoms with Gasteiger partial charge in [0.15, 0.2) is 0 Å². The van der Waals surface area contributed by atoms with Crippen LogP contribution in [0.2, 0.25) is 5.02 Å². The standard InChI is InChI=1S/C18H12ClN5O2/c19-13-5-1-3-11(7-13)9-24-18(26)16-14(17(25)22-10-21-16)15(23-24)12-4-2-6-20-8-12/h1-8,10H,9H2,(H,21,22,25). The molecule has 1 N–H and O–H groups in total. The topological polar surface area (TPSA) is 93.5 Å². The van der Waals surface area contributed by atoms with Gasteiger partial charge in [0, 0.05) is 23.0 Å². The number of rotatable bonds is 3. The lowest BCUT2D eigenvalue weighted by molar-refractivity contribution is 0.648. The Kier molecular flexibility index (Phi) is 4.06. The third-order valence-corrected chi connectivity index (χ3v) is 4.14. The fourth-order valence-corrected chi connectivity index (χ4v) is 2.95. The van der Waals surface area contributed by atoms with Crippen LogP contribution in [-0.2, 0) is 6.54 Å². The van der Waals surface area contributed by atoms with E-state index in [9.17, 15) is 9.59 Å². The predicted octanol–water partition coefficient (Wildman–Crippen LogP) is 2.24. The van der Waals surface area contributed by atoms with Crippen molar-refractivity contribution in [3.8, 4) is 11.3 Å². The molecule has 0 unspecified atom stereocenters. The average molecular weight is 366 g/mol. The number of pyridine rings is 1. The molecule has 3 aromatic heterocycles. The molecular formula is C18H12ClN5O2. The highest BCUT2D eigenvalue weighted by atomic mass is 35.5. The van der Waals surface area contributed by atoms with Crippen molar-refractivity contribution in [3.63, 3.8) is 0 Å². The third-order valence-electron chi connectivity index (χ3n) is 3.90. The Morgan fingerprint density at radius 2 is 2.04 bits per heavy atom. The lowest BCUT2D eigenvalue weighted by Crippen LogP contribution is -2.27. The van der Waals surface area contributed by atoms with E-state index in [-0.39, 0.29) is 17.4 Å². The van der Waals surface area contributed by atoms with Crippen LogP contribution in [0.1, 0.15) is 5.56 Å². The monoisotopic (exact) mass is 365 g/mol. The van der Waals surface area contributed by atoms with E-state index in [1.54, 1.807) is 42.7 Å². The normalized spacial score (nSPS) is 11.0. The Morgan fingerprint density at radius 1 is 1.15 bits per heavy atom. The Bertz CT molecular complexity index is 1220. The van der Waals surface area contributed by atoms with Gasteiger partial charge in [-0.05, 0) is 29.8 Å². The quantitative estimate of drug-likeness (QED) is 0.601. The Hall–Kier alpha value is -3.32. The predicted molar refractivity (Wildman–Crippen MR) is 98.2 cm³/mol. The maximum atomic E-state index is 12.8. The zero-order chi connectivity index (χ0) is 18.1. The summed E-state index contributed by atoms with van der Waals surface area (Å²) in [6.07, 6.45) is 4.42. The molecule has 0 bridgehead atoms. The van der Waals surface area contributed by atoms with E-state index in [0.29, 0.717) is 16.3 Å². The fraction of sp³-hybridized carbons (Fsp3) is 0.0556. The zero-order valence-corrected chi connectivity index (χ0v) is 14.1. The molecule has 0 fully saturated rings. The van der Waals surface area contributed by atoms with E-state index < -0.39 is 11.1 Å². The van der Waals surface area contributed by atoms with Crippen molar-refractivity contribution >= 4 is 22.5 Å². The summed E-state index contributed by atoms with van der Waals surface area (Å²) in [7, 11) is 0.